The normalized spacial score (nSPS) is 11.2. The molecule has 2 rings (SSSR count). The van der Waals surface area contributed by atoms with Gasteiger partial charge in [0.05, 0.1) is 0 Å². The third kappa shape index (κ3) is 6.79. The Morgan fingerprint density at radius 2 is 1.60 bits per heavy atom. The van der Waals surface area contributed by atoms with Crippen LogP contribution in [0.3, 0.4) is 0 Å². The van der Waals surface area contributed by atoms with Gasteiger partial charge in [-0.05, 0) is 64.4 Å². The van der Waals surface area contributed by atoms with Gasteiger partial charge in [0.25, 0.3) is 5.91 Å². The van der Waals surface area contributed by atoms with Gasteiger partial charge in [0.1, 0.15) is 5.75 Å². The maximum atomic E-state index is 12.9. The van der Waals surface area contributed by atoms with Crippen LogP contribution in [0.2, 0.25) is 0 Å². The smallest absolute Gasteiger partial charge is 0.321 e. The molecule has 0 aliphatic rings. The van der Waals surface area contributed by atoms with Crippen LogP contribution in [0.15, 0.2) is 54.6 Å². The second-order valence-corrected chi connectivity index (χ2v) is 8.58. The van der Waals surface area contributed by atoms with Crippen molar-refractivity contribution in [1.82, 2.24) is 10.2 Å². The van der Waals surface area contributed by atoms with E-state index in [0.717, 1.165) is 11.3 Å². The van der Waals surface area contributed by atoms with Gasteiger partial charge in [0.2, 0.25) is 0 Å². The summed E-state index contributed by atoms with van der Waals surface area (Å²) in [5, 5.41) is 2.85. The lowest BCUT2D eigenvalue weighted by Gasteiger charge is -2.35. The molecule has 0 saturated carbocycles. The number of hydrogen-bond donors (Lipinski definition) is 1. The third-order valence-corrected chi connectivity index (χ3v) is 4.60. The van der Waals surface area contributed by atoms with Crippen molar-refractivity contribution in [3.63, 3.8) is 0 Å². The molecule has 2 aromatic rings. The topological polar surface area (TPSA) is 61.9 Å². The predicted octanol–water partition coefficient (Wildman–Crippen LogP) is 4.45. The van der Waals surface area contributed by atoms with Crippen molar-refractivity contribution in [2.45, 2.75) is 52.7 Å². The van der Waals surface area contributed by atoms with E-state index in [0.29, 0.717) is 12.3 Å². The van der Waals surface area contributed by atoms with Crippen LogP contribution in [0.4, 0.5) is 10.5 Å². The summed E-state index contributed by atoms with van der Waals surface area (Å²) in [5.41, 5.74) is 1.49. The van der Waals surface area contributed by atoms with Gasteiger partial charge in [-0.2, -0.15) is 0 Å². The van der Waals surface area contributed by atoms with E-state index in [-0.39, 0.29) is 30.1 Å². The summed E-state index contributed by atoms with van der Waals surface area (Å²) >= 11 is 0. The maximum Gasteiger partial charge on any atom is 0.321 e. The average molecular weight is 412 g/mol. The fraction of sp³-hybridized carbons (Fsp3) is 0.417. The Morgan fingerprint density at radius 1 is 1.00 bits per heavy atom. The second-order valence-electron chi connectivity index (χ2n) is 8.58. The number of ether oxygens (including phenoxy) is 1. The molecule has 0 aliphatic heterocycles. The third-order valence-electron chi connectivity index (χ3n) is 4.60. The second kappa shape index (κ2) is 10.1. The Bertz CT molecular complexity index is 827. The minimum absolute atomic E-state index is 0.0485. The molecule has 6 heteroatoms. The Hall–Kier alpha value is -3.02. The molecule has 0 aromatic heterocycles. The van der Waals surface area contributed by atoms with Crippen molar-refractivity contribution in [1.29, 1.82) is 0 Å². The monoisotopic (exact) mass is 411 g/mol. The molecule has 0 atom stereocenters. The van der Waals surface area contributed by atoms with Crippen molar-refractivity contribution in [3.8, 4) is 5.75 Å². The SMILES string of the molecule is CC(C)NC(=O)N(C)c1ccc(OCC(=O)N(Cc2ccccc2)C(C)(C)C)cc1. The Kier molecular flexibility index (Phi) is 7.86. The van der Waals surface area contributed by atoms with Gasteiger partial charge in [-0.1, -0.05) is 30.3 Å². The molecule has 0 aliphatic carbocycles. The van der Waals surface area contributed by atoms with Crippen molar-refractivity contribution < 1.29 is 14.3 Å². The van der Waals surface area contributed by atoms with Crippen LogP contribution < -0.4 is 15.0 Å². The average Bonchev–Trinajstić information content (AvgIpc) is 2.69. The highest BCUT2D eigenvalue weighted by Crippen LogP contribution is 2.21. The molecule has 1 N–H and O–H groups in total. The zero-order valence-electron chi connectivity index (χ0n) is 18.8. The highest BCUT2D eigenvalue weighted by molar-refractivity contribution is 5.91. The fourth-order valence-electron chi connectivity index (χ4n) is 2.92. The van der Waals surface area contributed by atoms with Gasteiger partial charge in [0.15, 0.2) is 6.61 Å². The van der Waals surface area contributed by atoms with E-state index >= 15 is 0 Å². The minimum Gasteiger partial charge on any atom is -0.484 e. The highest BCUT2D eigenvalue weighted by Gasteiger charge is 2.26. The van der Waals surface area contributed by atoms with Crippen molar-refractivity contribution in [3.05, 3.63) is 60.2 Å². The Balaban J connectivity index is 1.99. The van der Waals surface area contributed by atoms with E-state index < -0.39 is 0 Å². The first-order valence-corrected chi connectivity index (χ1v) is 10.2. The summed E-state index contributed by atoms with van der Waals surface area (Å²) in [6, 6.07) is 16.9. The number of anilines is 1. The molecular weight excluding hydrogens is 378 g/mol. The molecule has 0 fully saturated rings. The van der Waals surface area contributed by atoms with E-state index in [9.17, 15) is 9.59 Å². The van der Waals surface area contributed by atoms with Gasteiger partial charge < -0.3 is 15.0 Å². The van der Waals surface area contributed by atoms with E-state index in [1.807, 2.05) is 69.9 Å². The number of urea groups is 1. The Morgan fingerprint density at radius 3 is 2.13 bits per heavy atom. The predicted molar refractivity (Wildman–Crippen MR) is 121 cm³/mol. The summed E-state index contributed by atoms with van der Waals surface area (Å²) in [4.78, 5) is 28.3. The molecule has 6 nitrogen and oxygen atoms in total. The van der Waals surface area contributed by atoms with E-state index in [1.165, 1.54) is 4.90 Å². The van der Waals surface area contributed by atoms with Gasteiger partial charge in [-0.15, -0.1) is 0 Å². The van der Waals surface area contributed by atoms with Crippen LogP contribution in [0.25, 0.3) is 0 Å². The largest absolute Gasteiger partial charge is 0.484 e. The standard InChI is InChI=1S/C24H33N3O3/c1-18(2)25-23(29)26(6)20-12-14-21(15-13-20)30-17-22(28)27(24(3,4)5)16-19-10-8-7-9-11-19/h7-15,18H,16-17H2,1-6H3,(H,25,29). The number of hydrogen-bond acceptors (Lipinski definition) is 3. The zero-order valence-corrected chi connectivity index (χ0v) is 18.8. The summed E-state index contributed by atoms with van der Waals surface area (Å²) in [7, 11) is 1.71. The number of nitrogens with zero attached hydrogens (tertiary/aromatic N) is 2. The quantitative estimate of drug-likeness (QED) is 0.732. The lowest BCUT2D eigenvalue weighted by atomic mass is 10.0. The van der Waals surface area contributed by atoms with Crippen molar-refractivity contribution >= 4 is 17.6 Å². The lowest BCUT2D eigenvalue weighted by Crippen LogP contribution is -2.47. The molecule has 0 bridgehead atoms. The molecule has 0 saturated heterocycles. The van der Waals surface area contributed by atoms with Gasteiger partial charge in [-0.25, -0.2) is 4.79 Å². The number of carbonyl (C=O) groups is 2. The van der Waals surface area contributed by atoms with E-state index in [2.05, 4.69) is 5.32 Å². The van der Waals surface area contributed by atoms with Gasteiger partial charge in [-0.3, -0.25) is 9.69 Å². The maximum absolute atomic E-state index is 12.9. The van der Waals surface area contributed by atoms with Crippen LogP contribution in [0.5, 0.6) is 5.75 Å². The summed E-state index contributed by atoms with van der Waals surface area (Å²) in [5.74, 6) is 0.502. The van der Waals surface area contributed by atoms with Crippen LogP contribution in [-0.4, -0.2) is 42.1 Å². The highest BCUT2D eigenvalue weighted by atomic mass is 16.5. The van der Waals surface area contributed by atoms with Crippen molar-refractivity contribution in [2.75, 3.05) is 18.6 Å². The van der Waals surface area contributed by atoms with E-state index in [1.54, 1.807) is 31.3 Å². The number of carbonyl (C=O) groups excluding carboxylic acids is 2. The molecule has 162 valence electrons. The molecule has 3 amide bonds. The first kappa shape index (κ1) is 23.3. The van der Waals surface area contributed by atoms with Crippen LogP contribution >= 0.6 is 0 Å². The molecular formula is C24H33N3O3. The molecule has 0 unspecified atom stereocenters. The number of nitrogens with one attached hydrogen (secondary N) is 1. The summed E-state index contributed by atoms with van der Waals surface area (Å²) in [6.07, 6.45) is 0. The fourth-order valence-corrected chi connectivity index (χ4v) is 2.92. The molecule has 0 radical (unpaired) electrons. The minimum atomic E-state index is -0.327. The molecule has 2 aromatic carbocycles. The first-order valence-electron chi connectivity index (χ1n) is 10.2. The first-order chi connectivity index (χ1) is 14.1. The van der Waals surface area contributed by atoms with Crippen LogP contribution in [0, 0.1) is 0 Å². The number of rotatable bonds is 7. The summed E-state index contributed by atoms with van der Waals surface area (Å²) in [6.45, 7) is 10.4. The lowest BCUT2D eigenvalue weighted by molar-refractivity contribution is -0.139. The van der Waals surface area contributed by atoms with Gasteiger partial charge >= 0.3 is 6.03 Å². The molecule has 30 heavy (non-hydrogen) atoms. The molecule has 0 heterocycles. The van der Waals surface area contributed by atoms with Crippen LogP contribution in [0.1, 0.15) is 40.2 Å². The molecule has 0 spiro atoms. The van der Waals surface area contributed by atoms with E-state index in [4.69, 9.17) is 4.74 Å². The number of amides is 3. The number of benzene rings is 2. The van der Waals surface area contributed by atoms with Crippen LogP contribution in [-0.2, 0) is 11.3 Å². The Labute approximate surface area is 179 Å². The van der Waals surface area contributed by atoms with Gasteiger partial charge in [0, 0.05) is 30.9 Å². The summed E-state index contributed by atoms with van der Waals surface area (Å²) < 4.78 is 5.73. The van der Waals surface area contributed by atoms with Crippen molar-refractivity contribution in [2.24, 2.45) is 0 Å². The zero-order chi connectivity index (χ0) is 22.3.